The maximum Gasteiger partial charge on any atom is 0.273 e. The highest BCUT2D eigenvalue weighted by atomic mass is 32.2. The Kier molecular flexibility index (Phi) is 6.33. The quantitative estimate of drug-likeness (QED) is 0.412. The third-order valence-electron chi connectivity index (χ3n) is 5.67. The lowest BCUT2D eigenvalue weighted by Crippen LogP contribution is -2.39. The molecule has 1 aliphatic rings. The van der Waals surface area contributed by atoms with Gasteiger partial charge in [0.25, 0.3) is 21.6 Å². The van der Waals surface area contributed by atoms with E-state index in [0.29, 0.717) is 35.9 Å². The zero-order valence-corrected chi connectivity index (χ0v) is 19.4. The number of likely N-dealkylation sites (tertiary alicyclic amines) is 1. The maximum absolute atomic E-state index is 13.0. The van der Waals surface area contributed by atoms with Gasteiger partial charge in [-0.3, -0.25) is 19.6 Å². The summed E-state index contributed by atoms with van der Waals surface area (Å²) in [5.74, 6) is 0.876. The summed E-state index contributed by atoms with van der Waals surface area (Å²) >= 11 is 0. The van der Waals surface area contributed by atoms with Crippen LogP contribution in [-0.2, 0) is 10.0 Å². The van der Waals surface area contributed by atoms with E-state index < -0.39 is 14.9 Å². The van der Waals surface area contributed by atoms with E-state index in [-0.39, 0.29) is 28.1 Å². The van der Waals surface area contributed by atoms with E-state index >= 15 is 0 Å². The molecule has 4 rings (SSSR count). The molecular weight excluding hydrogens is 462 g/mol. The Labute approximate surface area is 196 Å². The lowest BCUT2D eigenvalue weighted by Gasteiger charge is -2.31. The van der Waals surface area contributed by atoms with Gasteiger partial charge in [0.05, 0.1) is 15.7 Å². The van der Waals surface area contributed by atoms with Crippen LogP contribution in [0.25, 0.3) is 0 Å². The number of nitrogens with one attached hydrogen (secondary N) is 1. The van der Waals surface area contributed by atoms with Gasteiger partial charge in [-0.05, 0) is 57.0 Å². The number of nitro benzene ring substituents is 1. The fourth-order valence-electron chi connectivity index (χ4n) is 3.87. The SMILES string of the molecule is Cc1noc(C2CCCN(C(=O)c3ccc(NS(=O)(=O)c4ccc(C)c([N+](=O)[O-])c4)cc3)C2)n1. The van der Waals surface area contributed by atoms with Crippen LogP contribution in [0.2, 0.25) is 0 Å². The molecule has 1 amide bonds. The summed E-state index contributed by atoms with van der Waals surface area (Å²) in [6.45, 7) is 4.34. The number of sulfonamides is 1. The number of rotatable bonds is 6. The minimum Gasteiger partial charge on any atom is -0.339 e. The fourth-order valence-corrected chi connectivity index (χ4v) is 4.95. The third kappa shape index (κ3) is 4.91. The number of piperidine rings is 1. The van der Waals surface area contributed by atoms with Crippen LogP contribution in [0.1, 0.15) is 46.4 Å². The van der Waals surface area contributed by atoms with E-state index in [4.69, 9.17) is 4.52 Å². The summed E-state index contributed by atoms with van der Waals surface area (Å²) in [5.41, 5.74) is 0.731. The second-order valence-electron chi connectivity index (χ2n) is 8.16. The summed E-state index contributed by atoms with van der Waals surface area (Å²) in [6, 6.07) is 9.76. The molecule has 1 aromatic heterocycles. The predicted octanol–water partition coefficient (Wildman–Crippen LogP) is 3.42. The van der Waals surface area contributed by atoms with Crippen molar-refractivity contribution in [2.45, 2.75) is 37.5 Å². The molecular formula is C22H23N5O6S. The van der Waals surface area contributed by atoms with Gasteiger partial charge in [0.1, 0.15) is 0 Å². The van der Waals surface area contributed by atoms with Crippen molar-refractivity contribution in [3.05, 3.63) is 75.4 Å². The first-order valence-corrected chi connectivity index (χ1v) is 12.1. The lowest BCUT2D eigenvalue weighted by atomic mass is 9.97. The maximum atomic E-state index is 13.0. The minimum absolute atomic E-state index is 0.0245. The Morgan fingerprint density at radius 1 is 1.21 bits per heavy atom. The molecule has 1 saturated heterocycles. The highest BCUT2D eigenvalue weighted by molar-refractivity contribution is 7.92. The molecule has 0 radical (unpaired) electrons. The molecule has 2 aromatic carbocycles. The van der Waals surface area contributed by atoms with Crippen LogP contribution >= 0.6 is 0 Å². The van der Waals surface area contributed by atoms with Gasteiger partial charge in [-0.2, -0.15) is 4.98 Å². The van der Waals surface area contributed by atoms with E-state index in [1.807, 2.05) is 0 Å². The van der Waals surface area contributed by atoms with Gasteiger partial charge in [-0.25, -0.2) is 8.42 Å². The molecule has 12 heteroatoms. The zero-order chi connectivity index (χ0) is 24.5. The van der Waals surface area contributed by atoms with Gasteiger partial charge >= 0.3 is 0 Å². The largest absolute Gasteiger partial charge is 0.339 e. The van der Waals surface area contributed by atoms with Crippen LogP contribution < -0.4 is 4.72 Å². The number of aromatic nitrogens is 2. The number of carbonyl (C=O) groups is 1. The summed E-state index contributed by atoms with van der Waals surface area (Å²) in [6.07, 6.45) is 1.65. The summed E-state index contributed by atoms with van der Waals surface area (Å²) < 4.78 is 33.1. The zero-order valence-electron chi connectivity index (χ0n) is 18.6. The summed E-state index contributed by atoms with van der Waals surface area (Å²) in [5, 5.41) is 15.0. The Balaban J connectivity index is 1.46. The molecule has 1 N–H and O–H groups in total. The van der Waals surface area contributed by atoms with Crippen LogP contribution in [0.4, 0.5) is 11.4 Å². The number of benzene rings is 2. The van der Waals surface area contributed by atoms with Crippen molar-refractivity contribution < 1.29 is 22.7 Å². The van der Waals surface area contributed by atoms with Crippen LogP contribution in [-0.4, -0.2) is 47.4 Å². The molecule has 1 aliphatic heterocycles. The van der Waals surface area contributed by atoms with Crippen molar-refractivity contribution in [1.29, 1.82) is 0 Å². The fraction of sp³-hybridized carbons (Fsp3) is 0.318. The first-order valence-electron chi connectivity index (χ1n) is 10.6. The smallest absolute Gasteiger partial charge is 0.273 e. The van der Waals surface area contributed by atoms with Gasteiger partial charge in [-0.15, -0.1) is 0 Å². The molecule has 1 atom stereocenters. The predicted molar refractivity (Wildman–Crippen MR) is 122 cm³/mol. The van der Waals surface area contributed by atoms with Crippen molar-refractivity contribution in [2.24, 2.45) is 0 Å². The molecule has 3 aromatic rings. The van der Waals surface area contributed by atoms with Crippen molar-refractivity contribution in [2.75, 3.05) is 17.8 Å². The summed E-state index contributed by atoms with van der Waals surface area (Å²) in [7, 11) is -4.05. The topological polar surface area (TPSA) is 149 Å². The Hall–Kier alpha value is -3.80. The van der Waals surface area contributed by atoms with Crippen molar-refractivity contribution in [3.63, 3.8) is 0 Å². The minimum atomic E-state index is -4.05. The highest BCUT2D eigenvalue weighted by Gasteiger charge is 2.29. The molecule has 0 spiro atoms. The van der Waals surface area contributed by atoms with E-state index in [9.17, 15) is 23.3 Å². The number of amides is 1. The molecule has 178 valence electrons. The second-order valence-corrected chi connectivity index (χ2v) is 9.84. The Bertz CT molecular complexity index is 1340. The van der Waals surface area contributed by atoms with E-state index in [0.717, 1.165) is 18.9 Å². The van der Waals surface area contributed by atoms with Crippen molar-refractivity contribution in [1.82, 2.24) is 15.0 Å². The Morgan fingerprint density at radius 3 is 2.59 bits per heavy atom. The number of hydrogen-bond donors (Lipinski definition) is 1. The average Bonchev–Trinajstić information content (AvgIpc) is 3.25. The van der Waals surface area contributed by atoms with E-state index in [1.165, 1.54) is 43.3 Å². The molecule has 11 nitrogen and oxygen atoms in total. The number of nitro groups is 1. The molecule has 0 bridgehead atoms. The number of anilines is 1. The van der Waals surface area contributed by atoms with Gasteiger partial charge in [0.2, 0.25) is 5.89 Å². The molecule has 2 heterocycles. The highest BCUT2D eigenvalue weighted by Crippen LogP contribution is 2.27. The summed E-state index contributed by atoms with van der Waals surface area (Å²) in [4.78, 5) is 29.3. The third-order valence-corrected chi connectivity index (χ3v) is 7.05. The van der Waals surface area contributed by atoms with E-state index in [2.05, 4.69) is 14.9 Å². The molecule has 1 unspecified atom stereocenters. The lowest BCUT2D eigenvalue weighted by molar-refractivity contribution is -0.385. The van der Waals surface area contributed by atoms with Gasteiger partial charge in [0, 0.05) is 36.0 Å². The first-order chi connectivity index (χ1) is 16.1. The molecule has 1 fully saturated rings. The molecule has 34 heavy (non-hydrogen) atoms. The number of nitrogens with zero attached hydrogens (tertiary/aromatic N) is 4. The number of carbonyl (C=O) groups excluding carboxylic acids is 1. The van der Waals surface area contributed by atoms with Gasteiger partial charge < -0.3 is 9.42 Å². The van der Waals surface area contributed by atoms with Gasteiger partial charge in [0.15, 0.2) is 5.82 Å². The van der Waals surface area contributed by atoms with Crippen LogP contribution in [0.3, 0.4) is 0 Å². The Morgan fingerprint density at radius 2 is 1.94 bits per heavy atom. The monoisotopic (exact) mass is 485 g/mol. The molecule has 0 saturated carbocycles. The number of hydrogen-bond acceptors (Lipinski definition) is 8. The van der Waals surface area contributed by atoms with Crippen molar-refractivity contribution in [3.8, 4) is 0 Å². The first kappa shape index (κ1) is 23.4. The standard InChI is InChI=1S/C22H23N5O6S/c1-14-5-10-19(12-20(14)27(29)30)34(31,32)25-18-8-6-16(7-9-18)22(28)26-11-3-4-17(13-26)21-23-15(2)24-33-21/h5-10,12,17,25H,3-4,11,13H2,1-2H3. The van der Waals surface area contributed by atoms with E-state index in [1.54, 1.807) is 11.8 Å². The number of aryl methyl sites for hydroxylation is 2. The van der Waals surface area contributed by atoms with Gasteiger partial charge in [-0.1, -0.05) is 11.2 Å². The van der Waals surface area contributed by atoms with Crippen molar-refractivity contribution >= 4 is 27.3 Å². The van der Waals surface area contributed by atoms with Crippen LogP contribution in [0, 0.1) is 24.0 Å². The molecule has 0 aliphatic carbocycles. The van der Waals surface area contributed by atoms with Crippen LogP contribution in [0.15, 0.2) is 51.9 Å². The normalized spacial score (nSPS) is 16.3. The average molecular weight is 486 g/mol. The van der Waals surface area contributed by atoms with Crippen LogP contribution in [0.5, 0.6) is 0 Å². The second kappa shape index (κ2) is 9.21.